The third-order valence-corrected chi connectivity index (χ3v) is 6.26. The first-order chi connectivity index (χ1) is 14.6. The maximum atomic E-state index is 12.8. The summed E-state index contributed by atoms with van der Waals surface area (Å²) in [5, 5.41) is 1.02. The summed E-state index contributed by atoms with van der Waals surface area (Å²) in [6, 6.07) is 6.24. The lowest BCUT2D eigenvalue weighted by atomic mass is 9.92. The summed E-state index contributed by atoms with van der Waals surface area (Å²) in [6.07, 6.45) is 8.29. The number of fused-ring (bicyclic) bond motifs is 3. The van der Waals surface area contributed by atoms with Crippen LogP contribution in [0.3, 0.4) is 0 Å². The molecule has 5 rings (SSSR count). The number of hydrogen-bond acceptors (Lipinski definition) is 6. The summed E-state index contributed by atoms with van der Waals surface area (Å²) < 4.78 is 7.01. The molecule has 2 aliphatic heterocycles. The smallest absolute Gasteiger partial charge is 0.248 e. The van der Waals surface area contributed by atoms with Crippen LogP contribution in [0.4, 0.5) is 0 Å². The van der Waals surface area contributed by atoms with Crippen LogP contribution in [0.15, 0.2) is 48.0 Å². The van der Waals surface area contributed by atoms with Crippen molar-refractivity contribution in [3.8, 4) is 10.6 Å². The van der Waals surface area contributed by atoms with Crippen LogP contribution in [0.1, 0.15) is 21.7 Å². The van der Waals surface area contributed by atoms with Crippen molar-refractivity contribution < 1.29 is 9.53 Å². The zero-order chi connectivity index (χ0) is 20.7. The molecule has 1 amide bonds. The summed E-state index contributed by atoms with van der Waals surface area (Å²) in [5.74, 6) is 0.702. The Kier molecular flexibility index (Phi) is 4.80. The van der Waals surface area contributed by atoms with E-state index in [1.807, 2.05) is 34.0 Å². The van der Waals surface area contributed by atoms with Gasteiger partial charge in [-0.15, -0.1) is 11.3 Å². The van der Waals surface area contributed by atoms with Gasteiger partial charge in [0.25, 0.3) is 0 Å². The Balaban J connectivity index is 1.61. The van der Waals surface area contributed by atoms with E-state index in [4.69, 9.17) is 4.74 Å². The first-order valence-corrected chi connectivity index (χ1v) is 10.6. The van der Waals surface area contributed by atoms with E-state index in [9.17, 15) is 4.79 Å². The van der Waals surface area contributed by atoms with Crippen molar-refractivity contribution in [1.29, 1.82) is 0 Å². The standard InChI is InChI=1S/C22H21N5O2S/c1-14-9-24-22(30-14)18-5-3-4-17-16(18)6-7-27-19(17)8-20(23-10-21(27)28)26-11-15(12-29-2)25-13-26/h3-5,8-9,11,13H,6-7,10,12H2,1-2H3. The van der Waals surface area contributed by atoms with Crippen LogP contribution in [0.25, 0.3) is 16.3 Å². The molecule has 7 nitrogen and oxygen atoms in total. The topological polar surface area (TPSA) is 72.6 Å². The summed E-state index contributed by atoms with van der Waals surface area (Å²) in [5.41, 5.74) is 5.14. The van der Waals surface area contributed by atoms with Crippen LogP contribution in [0.2, 0.25) is 0 Å². The SMILES string of the molecule is COCc1cn(C2=NCC(=O)N3CCc4c(cccc4-c4ncc(C)s4)C3=C2)cn1. The normalized spacial score (nSPS) is 15.9. The van der Waals surface area contributed by atoms with Gasteiger partial charge in [-0.1, -0.05) is 18.2 Å². The van der Waals surface area contributed by atoms with Crippen molar-refractivity contribution in [3.63, 3.8) is 0 Å². The predicted molar refractivity (Wildman–Crippen MR) is 116 cm³/mol. The van der Waals surface area contributed by atoms with Gasteiger partial charge in [-0.3, -0.25) is 14.4 Å². The van der Waals surface area contributed by atoms with Crippen molar-refractivity contribution in [2.24, 2.45) is 4.99 Å². The molecule has 152 valence electrons. The van der Waals surface area contributed by atoms with Crippen molar-refractivity contribution in [2.75, 3.05) is 20.2 Å². The van der Waals surface area contributed by atoms with Gasteiger partial charge < -0.3 is 9.64 Å². The van der Waals surface area contributed by atoms with Crippen LogP contribution in [-0.4, -0.2) is 51.4 Å². The van der Waals surface area contributed by atoms with Gasteiger partial charge >= 0.3 is 0 Å². The third-order valence-electron chi connectivity index (χ3n) is 5.32. The fourth-order valence-corrected chi connectivity index (χ4v) is 4.77. The van der Waals surface area contributed by atoms with Gasteiger partial charge in [-0.2, -0.15) is 0 Å². The molecule has 30 heavy (non-hydrogen) atoms. The molecule has 0 fully saturated rings. The molecule has 0 saturated heterocycles. The second-order valence-electron chi connectivity index (χ2n) is 7.31. The van der Waals surface area contributed by atoms with Crippen LogP contribution in [0, 0.1) is 6.92 Å². The number of thiazole rings is 1. The highest BCUT2D eigenvalue weighted by molar-refractivity contribution is 7.15. The Morgan fingerprint density at radius 2 is 2.10 bits per heavy atom. The zero-order valence-corrected chi connectivity index (χ0v) is 17.6. The Morgan fingerprint density at radius 3 is 2.90 bits per heavy atom. The number of allylic oxidation sites excluding steroid dienone is 1. The summed E-state index contributed by atoms with van der Waals surface area (Å²) >= 11 is 1.69. The number of methoxy groups -OCH3 is 1. The van der Waals surface area contributed by atoms with E-state index in [2.05, 4.69) is 34.0 Å². The molecule has 0 unspecified atom stereocenters. The van der Waals surface area contributed by atoms with Gasteiger partial charge in [0, 0.05) is 48.1 Å². The molecule has 2 aliphatic rings. The second kappa shape index (κ2) is 7.62. The molecular weight excluding hydrogens is 398 g/mol. The molecule has 0 atom stereocenters. The van der Waals surface area contributed by atoms with Crippen molar-refractivity contribution >= 4 is 28.8 Å². The van der Waals surface area contributed by atoms with Gasteiger partial charge in [0.05, 0.1) is 18.0 Å². The van der Waals surface area contributed by atoms with Gasteiger partial charge in [-0.05, 0) is 18.9 Å². The Hall–Kier alpha value is -3.10. The number of imidazole rings is 1. The number of nitrogens with zero attached hydrogens (tertiary/aromatic N) is 5. The summed E-state index contributed by atoms with van der Waals surface area (Å²) in [4.78, 5) is 29.4. The van der Waals surface area contributed by atoms with E-state index in [0.29, 0.717) is 19.0 Å². The Morgan fingerprint density at radius 1 is 1.23 bits per heavy atom. The minimum Gasteiger partial charge on any atom is -0.378 e. The molecule has 0 aliphatic carbocycles. The van der Waals surface area contributed by atoms with Crippen LogP contribution >= 0.6 is 11.3 Å². The van der Waals surface area contributed by atoms with E-state index in [1.54, 1.807) is 24.8 Å². The van der Waals surface area contributed by atoms with E-state index >= 15 is 0 Å². The van der Waals surface area contributed by atoms with E-state index in [1.165, 1.54) is 10.4 Å². The number of hydrogen-bond donors (Lipinski definition) is 0. The minimum absolute atomic E-state index is 0.00891. The molecule has 0 bridgehead atoms. The molecule has 0 saturated carbocycles. The van der Waals surface area contributed by atoms with Crippen molar-refractivity contribution in [3.05, 3.63) is 64.7 Å². The van der Waals surface area contributed by atoms with Gasteiger partial charge in [0.15, 0.2) is 0 Å². The van der Waals surface area contributed by atoms with Crippen LogP contribution < -0.4 is 0 Å². The third kappa shape index (κ3) is 3.28. The van der Waals surface area contributed by atoms with Crippen LogP contribution in [0.5, 0.6) is 0 Å². The molecule has 4 heterocycles. The Bertz CT molecular complexity index is 1190. The van der Waals surface area contributed by atoms with E-state index in [0.717, 1.165) is 33.9 Å². The number of aliphatic imine (C=N–C) groups is 1. The number of carbonyl (C=O) groups excluding carboxylic acids is 1. The molecule has 1 aromatic carbocycles. The number of carbonyl (C=O) groups is 1. The lowest BCUT2D eigenvalue weighted by Crippen LogP contribution is -2.36. The average molecular weight is 420 g/mol. The van der Waals surface area contributed by atoms with Crippen molar-refractivity contribution in [1.82, 2.24) is 19.4 Å². The highest BCUT2D eigenvalue weighted by Gasteiger charge is 2.30. The number of benzene rings is 1. The zero-order valence-electron chi connectivity index (χ0n) is 16.8. The van der Waals surface area contributed by atoms with Crippen LogP contribution in [-0.2, 0) is 22.6 Å². The lowest BCUT2D eigenvalue weighted by Gasteiger charge is -2.31. The van der Waals surface area contributed by atoms with Gasteiger partial charge in [0.1, 0.15) is 23.7 Å². The molecule has 8 heteroatoms. The number of aromatic nitrogens is 3. The number of amides is 1. The maximum Gasteiger partial charge on any atom is 0.248 e. The van der Waals surface area contributed by atoms with Gasteiger partial charge in [0.2, 0.25) is 5.91 Å². The highest BCUT2D eigenvalue weighted by Crippen LogP contribution is 2.37. The molecular formula is C22H21N5O2S. The fourth-order valence-electron chi connectivity index (χ4n) is 3.95. The molecule has 0 spiro atoms. The minimum atomic E-state index is 0.00891. The summed E-state index contributed by atoms with van der Waals surface area (Å²) in [7, 11) is 1.64. The average Bonchev–Trinajstić information content (AvgIpc) is 3.35. The number of rotatable bonds is 3. The first-order valence-electron chi connectivity index (χ1n) is 9.78. The maximum absolute atomic E-state index is 12.8. The summed E-state index contributed by atoms with van der Waals surface area (Å²) in [6.45, 7) is 3.26. The lowest BCUT2D eigenvalue weighted by molar-refractivity contribution is -0.126. The quantitative estimate of drug-likeness (QED) is 0.654. The fraction of sp³-hybridized carbons (Fsp3) is 0.273. The van der Waals surface area contributed by atoms with Crippen molar-refractivity contribution in [2.45, 2.75) is 20.0 Å². The largest absolute Gasteiger partial charge is 0.378 e. The van der Waals surface area contributed by atoms with Gasteiger partial charge in [-0.25, -0.2) is 9.97 Å². The number of aryl methyl sites for hydroxylation is 1. The molecule has 0 N–H and O–H groups in total. The predicted octanol–water partition coefficient (Wildman–Crippen LogP) is 3.15. The molecule has 3 aromatic rings. The highest BCUT2D eigenvalue weighted by atomic mass is 32.1. The monoisotopic (exact) mass is 419 g/mol. The van der Waals surface area contributed by atoms with E-state index < -0.39 is 0 Å². The molecule has 0 radical (unpaired) electrons. The molecule has 2 aromatic heterocycles. The van der Waals surface area contributed by atoms with E-state index in [-0.39, 0.29) is 12.5 Å². The number of ether oxygens (including phenoxy) is 1. The second-order valence-corrected chi connectivity index (χ2v) is 8.55. The Labute approximate surface area is 178 Å². The first kappa shape index (κ1) is 18.9.